The SMILES string of the molecule is CC1CCC/C=C\C=C\CC/C=C\C/C=C\CCCC(=O)O1. The largest absolute Gasteiger partial charge is 0.463 e. The van der Waals surface area contributed by atoms with E-state index in [4.69, 9.17) is 4.74 Å². The zero-order valence-electron chi connectivity index (χ0n) is 13.9. The molecule has 0 aromatic heterocycles. The van der Waals surface area contributed by atoms with Gasteiger partial charge >= 0.3 is 5.97 Å². The van der Waals surface area contributed by atoms with Gasteiger partial charge < -0.3 is 4.74 Å². The van der Waals surface area contributed by atoms with E-state index in [1.165, 1.54) is 0 Å². The summed E-state index contributed by atoms with van der Waals surface area (Å²) in [6.45, 7) is 1.99. The Morgan fingerprint density at radius 2 is 1.50 bits per heavy atom. The summed E-state index contributed by atoms with van der Waals surface area (Å²) >= 11 is 0. The summed E-state index contributed by atoms with van der Waals surface area (Å²) in [7, 11) is 0. The van der Waals surface area contributed by atoms with Gasteiger partial charge in [-0.15, -0.1) is 0 Å². The van der Waals surface area contributed by atoms with Crippen LogP contribution in [0.3, 0.4) is 0 Å². The van der Waals surface area contributed by atoms with Crippen molar-refractivity contribution in [3.63, 3.8) is 0 Å². The molecule has 0 aromatic carbocycles. The van der Waals surface area contributed by atoms with Crippen molar-refractivity contribution in [2.24, 2.45) is 0 Å². The molecule has 1 heterocycles. The molecule has 1 aliphatic rings. The van der Waals surface area contributed by atoms with Crippen LogP contribution in [0.1, 0.15) is 64.7 Å². The topological polar surface area (TPSA) is 26.3 Å². The van der Waals surface area contributed by atoms with Crippen LogP contribution in [0.5, 0.6) is 0 Å². The van der Waals surface area contributed by atoms with E-state index >= 15 is 0 Å². The van der Waals surface area contributed by atoms with Gasteiger partial charge in [-0.25, -0.2) is 0 Å². The lowest BCUT2D eigenvalue weighted by atomic mass is 10.1. The maximum absolute atomic E-state index is 11.7. The van der Waals surface area contributed by atoms with Crippen molar-refractivity contribution in [1.82, 2.24) is 0 Å². The van der Waals surface area contributed by atoms with Crippen LogP contribution in [0.25, 0.3) is 0 Å². The molecule has 0 amide bonds. The predicted octanol–water partition coefficient (Wildman–Crippen LogP) is 5.67. The van der Waals surface area contributed by atoms with Crippen molar-refractivity contribution in [2.75, 3.05) is 0 Å². The van der Waals surface area contributed by atoms with Gasteiger partial charge in [-0.1, -0.05) is 48.6 Å². The van der Waals surface area contributed by atoms with Crippen LogP contribution in [-0.2, 0) is 9.53 Å². The summed E-state index contributed by atoms with van der Waals surface area (Å²) in [5.74, 6) is -0.0614. The number of esters is 1. The molecule has 1 unspecified atom stereocenters. The Balaban J connectivity index is 2.40. The lowest BCUT2D eigenvalue weighted by Crippen LogP contribution is -2.14. The highest BCUT2D eigenvalue weighted by Crippen LogP contribution is 2.08. The molecular weight excluding hydrogens is 272 g/mol. The first-order valence-electron chi connectivity index (χ1n) is 8.60. The van der Waals surface area contributed by atoms with Gasteiger partial charge in [0.25, 0.3) is 0 Å². The molecule has 22 heavy (non-hydrogen) atoms. The molecule has 1 rings (SSSR count). The fraction of sp³-hybridized carbons (Fsp3) is 0.550. The van der Waals surface area contributed by atoms with Gasteiger partial charge in [0.2, 0.25) is 0 Å². The number of hydrogen-bond acceptors (Lipinski definition) is 2. The molecule has 0 spiro atoms. The molecule has 0 aliphatic carbocycles. The summed E-state index contributed by atoms with van der Waals surface area (Å²) in [5.41, 5.74) is 0. The number of ether oxygens (including phenoxy) is 1. The van der Waals surface area contributed by atoms with Crippen LogP contribution in [0.4, 0.5) is 0 Å². The molecule has 0 saturated carbocycles. The highest BCUT2D eigenvalue weighted by Gasteiger charge is 2.08. The molecule has 0 radical (unpaired) electrons. The highest BCUT2D eigenvalue weighted by molar-refractivity contribution is 5.69. The third-order valence-corrected chi connectivity index (χ3v) is 3.55. The summed E-state index contributed by atoms with van der Waals surface area (Å²) in [4.78, 5) is 11.7. The number of hydrogen-bond donors (Lipinski definition) is 0. The maximum Gasteiger partial charge on any atom is 0.306 e. The Morgan fingerprint density at radius 3 is 2.32 bits per heavy atom. The van der Waals surface area contributed by atoms with Crippen molar-refractivity contribution in [1.29, 1.82) is 0 Å². The van der Waals surface area contributed by atoms with Crippen molar-refractivity contribution >= 4 is 5.97 Å². The number of allylic oxidation sites excluding steroid dienone is 8. The van der Waals surface area contributed by atoms with Crippen LogP contribution >= 0.6 is 0 Å². The van der Waals surface area contributed by atoms with Crippen molar-refractivity contribution in [2.45, 2.75) is 70.8 Å². The van der Waals surface area contributed by atoms with Crippen molar-refractivity contribution < 1.29 is 9.53 Å². The standard InChI is InChI=1S/C20H30O2/c1-19-17-15-13-11-9-7-5-3-2-4-6-8-10-12-14-16-18-20(21)22-19/h4-7,9-12,19H,2-3,8,13-18H2,1H3/b6-4-,7-5+,11-9-,12-10-. The van der Waals surface area contributed by atoms with E-state index in [1.54, 1.807) is 0 Å². The van der Waals surface area contributed by atoms with Crippen LogP contribution < -0.4 is 0 Å². The molecule has 0 fully saturated rings. The molecule has 0 aromatic rings. The highest BCUT2D eigenvalue weighted by atomic mass is 16.5. The minimum absolute atomic E-state index is 0.0303. The first-order chi connectivity index (χ1) is 10.8. The Morgan fingerprint density at radius 1 is 0.864 bits per heavy atom. The van der Waals surface area contributed by atoms with Gasteiger partial charge in [0.15, 0.2) is 0 Å². The van der Waals surface area contributed by atoms with Crippen LogP contribution in [-0.4, -0.2) is 12.1 Å². The second kappa shape index (κ2) is 13.1. The minimum Gasteiger partial charge on any atom is -0.463 e. The average Bonchev–Trinajstić information content (AvgIpc) is 2.49. The summed E-state index contributed by atoms with van der Waals surface area (Å²) in [5, 5.41) is 0. The van der Waals surface area contributed by atoms with Gasteiger partial charge in [-0.3, -0.25) is 4.79 Å². The van der Waals surface area contributed by atoms with E-state index in [0.29, 0.717) is 6.42 Å². The van der Waals surface area contributed by atoms with Gasteiger partial charge in [0.05, 0.1) is 6.10 Å². The molecule has 1 aliphatic heterocycles. The van der Waals surface area contributed by atoms with E-state index < -0.39 is 0 Å². The predicted molar refractivity (Wildman–Crippen MR) is 93.7 cm³/mol. The Kier molecular flexibility index (Phi) is 11.0. The van der Waals surface area contributed by atoms with Gasteiger partial charge in [-0.2, -0.15) is 0 Å². The molecule has 2 nitrogen and oxygen atoms in total. The Labute approximate surface area is 135 Å². The third-order valence-electron chi connectivity index (χ3n) is 3.55. The number of rotatable bonds is 0. The van der Waals surface area contributed by atoms with Crippen LogP contribution in [0.2, 0.25) is 0 Å². The molecule has 2 heteroatoms. The number of carbonyl (C=O) groups excluding carboxylic acids is 1. The van der Waals surface area contributed by atoms with Crippen molar-refractivity contribution in [3.8, 4) is 0 Å². The summed E-state index contributed by atoms with van der Waals surface area (Å²) < 4.78 is 5.42. The quantitative estimate of drug-likeness (QED) is 0.426. The lowest BCUT2D eigenvalue weighted by Gasteiger charge is -2.12. The molecule has 0 bridgehead atoms. The van der Waals surface area contributed by atoms with Crippen LogP contribution in [0, 0.1) is 0 Å². The minimum atomic E-state index is -0.0614. The first kappa shape index (κ1) is 18.5. The van der Waals surface area contributed by atoms with Crippen LogP contribution in [0.15, 0.2) is 48.6 Å². The molecular formula is C20H30O2. The summed E-state index contributed by atoms with van der Waals surface area (Å²) in [6, 6.07) is 0. The molecule has 1 atom stereocenters. The van der Waals surface area contributed by atoms with E-state index in [2.05, 4.69) is 48.6 Å². The maximum atomic E-state index is 11.7. The number of carbonyl (C=O) groups is 1. The van der Waals surface area contributed by atoms with Gasteiger partial charge in [-0.05, 0) is 58.3 Å². The smallest absolute Gasteiger partial charge is 0.306 e. The lowest BCUT2D eigenvalue weighted by molar-refractivity contribution is -0.148. The van der Waals surface area contributed by atoms with E-state index in [0.717, 1.165) is 51.4 Å². The average molecular weight is 302 g/mol. The first-order valence-corrected chi connectivity index (χ1v) is 8.60. The summed E-state index contributed by atoms with van der Waals surface area (Å²) in [6.07, 6.45) is 26.0. The second-order valence-electron chi connectivity index (χ2n) is 5.74. The fourth-order valence-corrected chi connectivity index (χ4v) is 2.28. The monoisotopic (exact) mass is 302 g/mol. The molecule has 0 saturated heterocycles. The Hall–Kier alpha value is -1.57. The van der Waals surface area contributed by atoms with E-state index in [9.17, 15) is 4.79 Å². The zero-order chi connectivity index (χ0) is 15.9. The van der Waals surface area contributed by atoms with Gasteiger partial charge in [0, 0.05) is 6.42 Å². The normalized spacial score (nSPS) is 29.0. The fourth-order valence-electron chi connectivity index (χ4n) is 2.28. The molecule has 0 N–H and O–H groups in total. The van der Waals surface area contributed by atoms with Crippen molar-refractivity contribution in [3.05, 3.63) is 48.6 Å². The van der Waals surface area contributed by atoms with Gasteiger partial charge in [0.1, 0.15) is 0 Å². The zero-order valence-corrected chi connectivity index (χ0v) is 13.9. The third kappa shape index (κ3) is 11.1. The Bertz CT molecular complexity index is 402. The second-order valence-corrected chi connectivity index (χ2v) is 5.74. The molecule has 122 valence electrons. The number of cyclic esters (lactones) is 1. The van der Waals surface area contributed by atoms with E-state index in [1.807, 2.05) is 6.92 Å². The van der Waals surface area contributed by atoms with E-state index in [-0.39, 0.29) is 12.1 Å².